The second-order valence-corrected chi connectivity index (χ2v) is 13.2. The summed E-state index contributed by atoms with van der Waals surface area (Å²) in [6.07, 6.45) is 4.04. The molecule has 4 nitrogen and oxygen atoms in total. The molecule has 2 amide bonds. The van der Waals surface area contributed by atoms with Crippen LogP contribution in [0.4, 0.5) is 8.78 Å². The number of likely N-dealkylation sites (tertiary alicyclic amines) is 1. The molecule has 0 radical (unpaired) electrons. The summed E-state index contributed by atoms with van der Waals surface area (Å²) in [5, 5.41) is 3.59. The molecular weight excluding hydrogens is 518 g/mol. The summed E-state index contributed by atoms with van der Waals surface area (Å²) in [5.74, 6) is -1.15. The monoisotopic (exact) mass is 558 g/mol. The molecule has 1 saturated heterocycles. The van der Waals surface area contributed by atoms with Crippen LogP contribution < -0.4 is 5.32 Å². The molecule has 0 spiro atoms. The van der Waals surface area contributed by atoms with Gasteiger partial charge < -0.3 is 10.2 Å². The van der Waals surface area contributed by atoms with E-state index in [4.69, 9.17) is 11.6 Å². The van der Waals surface area contributed by atoms with E-state index in [0.29, 0.717) is 29.6 Å². The molecule has 0 bridgehead atoms. The number of benzene rings is 2. The Hall–Kier alpha value is -2.47. The molecule has 4 rings (SSSR count). The SMILES string of the molecule is CC(=O)NC(C)c1cc(Cl)ccc1C1CCN(C(=O)[C@@H]2CC(CC(C)(C)C)CC2c2ccc(F)cc2F)CC1. The largest absolute Gasteiger partial charge is 0.350 e. The minimum atomic E-state index is -0.597. The molecule has 1 saturated carbocycles. The molecule has 1 N–H and O–H groups in total. The zero-order valence-electron chi connectivity index (χ0n) is 23.7. The van der Waals surface area contributed by atoms with Crippen LogP contribution in [0, 0.1) is 28.9 Å². The summed E-state index contributed by atoms with van der Waals surface area (Å²) in [5.41, 5.74) is 2.73. The Kier molecular flexibility index (Phi) is 9.05. The standard InChI is InChI=1S/C32H41ClF2N2O2/c1-19(36-20(2)38)27-16-23(33)6-8-25(27)22-10-12-37(13-11-22)31(39)29-15-21(18-32(3,4)5)14-28(29)26-9-7-24(34)17-30(26)35/h6-9,16-17,19,21-22,28-29H,10-15,18H2,1-5H3,(H,36,38)/t19?,21?,28?,29-/m1/s1. The fourth-order valence-corrected chi connectivity index (χ4v) is 7.10. The molecule has 1 aliphatic heterocycles. The van der Waals surface area contributed by atoms with Crippen LogP contribution >= 0.6 is 11.6 Å². The van der Waals surface area contributed by atoms with E-state index in [9.17, 15) is 18.4 Å². The summed E-state index contributed by atoms with van der Waals surface area (Å²) >= 11 is 6.30. The van der Waals surface area contributed by atoms with Crippen molar-refractivity contribution < 1.29 is 18.4 Å². The molecule has 1 heterocycles. The average molecular weight is 559 g/mol. The molecule has 212 valence electrons. The summed E-state index contributed by atoms with van der Waals surface area (Å²) in [6, 6.07) is 9.44. The number of nitrogens with one attached hydrogen (secondary N) is 1. The van der Waals surface area contributed by atoms with Crippen LogP contribution in [0.3, 0.4) is 0 Å². The third-order valence-corrected chi connectivity index (χ3v) is 8.66. The number of amides is 2. The minimum Gasteiger partial charge on any atom is -0.350 e. The maximum atomic E-state index is 14.9. The van der Waals surface area contributed by atoms with Gasteiger partial charge in [0.15, 0.2) is 0 Å². The summed E-state index contributed by atoms with van der Waals surface area (Å²) in [7, 11) is 0. The maximum Gasteiger partial charge on any atom is 0.226 e. The third-order valence-electron chi connectivity index (χ3n) is 8.42. The highest BCUT2D eigenvalue weighted by molar-refractivity contribution is 6.30. The zero-order valence-corrected chi connectivity index (χ0v) is 24.5. The number of nitrogens with zero attached hydrogens (tertiary/aromatic N) is 1. The van der Waals surface area contributed by atoms with Gasteiger partial charge in [-0.3, -0.25) is 9.59 Å². The van der Waals surface area contributed by atoms with E-state index >= 15 is 0 Å². The molecule has 1 aliphatic carbocycles. The Morgan fingerprint density at radius 1 is 1.05 bits per heavy atom. The van der Waals surface area contributed by atoms with Crippen molar-refractivity contribution in [3.63, 3.8) is 0 Å². The van der Waals surface area contributed by atoms with Crippen LogP contribution in [0.1, 0.15) is 101 Å². The van der Waals surface area contributed by atoms with Crippen molar-refractivity contribution in [3.05, 3.63) is 69.7 Å². The molecule has 2 aliphatic rings. The number of halogens is 3. The molecule has 2 aromatic rings. The second-order valence-electron chi connectivity index (χ2n) is 12.8. The number of rotatable bonds is 6. The predicted molar refractivity (Wildman–Crippen MR) is 152 cm³/mol. The number of hydrogen-bond acceptors (Lipinski definition) is 2. The van der Waals surface area contributed by atoms with Gasteiger partial charge in [-0.2, -0.15) is 0 Å². The van der Waals surface area contributed by atoms with Crippen molar-refractivity contribution in [2.75, 3.05) is 13.1 Å². The lowest BCUT2D eigenvalue weighted by molar-refractivity contribution is -0.137. The van der Waals surface area contributed by atoms with Gasteiger partial charge in [0, 0.05) is 37.0 Å². The van der Waals surface area contributed by atoms with Gasteiger partial charge in [-0.1, -0.05) is 44.5 Å². The lowest BCUT2D eigenvalue weighted by atomic mass is 9.83. The highest BCUT2D eigenvalue weighted by atomic mass is 35.5. The van der Waals surface area contributed by atoms with Crippen LogP contribution in [0.15, 0.2) is 36.4 Å². The third kappa shape index (κ3) is 7.19. The molecule has 0 aromatic heterocycles. The summed E-state index contributed by atoms with van der Waals surface area (Å²) < 4.78 is 28.6. The quantitative estimate of drug-likeness (QED) is 0.394. The van der Waals surface area contributed by atoms with Gasteiger partial charge in [0.2, 0.25) is 11.8 Å². The summed E-state index contributed by atoms with van der Waals surface area (Å²) in [6.45, 7) is 11.3. The highest BCUT2D eigenvalue weighted by Crippen LogP contribution is 2.49. The normalized spacial score (nSPS) is 23.1. The molecule has 4 atom stereocenters. The number of piperidine rings is 1. The van der Waals surface area contributed by atoms with Gasteiger partial charge in [0.25, 0.3) is 0 Å². The van der Waals surface area contributed by atoms with Crippen LogP contribution in [0.2, 0.25) is 5.02 Å². The fraction of sp³-hybridized carbons (Fsp3) is 0.562. The average Bonchev–Trinajstić information content (AvgIpc) is 3.25. The molecule has 2 fully saturated rings. The smallest absolute Gasteiger partial charge is 0.226 e. The predicted octanol–water partition coefficient (Wildman–Crippen LogP) is 7.77. The molecule has 7 heteroatoms. The van der Waals surface area contributed by atoms with Gasteiger partial charge >= 0.3 is 0 Å². The lowest BCUT2D eigenvalue weighted by Gasteiger charge is -2.36. The van der Waals surface area contributed by atoms with Crippen molar-refractivity contribution in [1.29, 1.82) is 0 Å². The van der Waals surface area contributed by atoms with Gasteiger partial charge in [-0.25, -0.2) is 8.78 Å². The van der Waals surface area contributed by atoms with E-state index in [1.807, 2.05) is 30.0 Å². The van der Waals surface area contributed by atoms with Crippen molar-refractivity contribution in [2.45, 2.75) is 84.6 Å². The van der Waals surface area contributed by atoms with Crippen LogP contribution in [0.25, 0.3) is 0 Å². The first-order valence-electron chi connectivity index (χ1n) is 14.1. The number of carbonyl (C=O) groups excluding carboxylic acids is 2. The van der Waals surface area contributed by atoms with Crippen LogP contribution in [0.5, 0.6) is 0 Å². The Morgan fingerprint density at radius 3 is 2.33 bits per heavy atom. The van der Waals surface area contributed by atoms with Gasteiger partial charge in [0.05, 0.1) is 6.04 Å². The first kappa shape index (κ1) is 29.5. The zero-order chi connectivity index (χ0) is 28.5. The Balaban J connectivity index is 1.50. The minimum absolute atomic E-state index is 0.0847. The van der Waals surface area contributed by atoms with Gasteiger partial charge in [-0.05, 0) is 97.1 Å². The van der Waals surface area contributed by atoms with E-state index in [1.165, 1.54) is 19.1 Å². The summed E-state index contributed by atoms with van der Waals surface area (Å²) in [4.78, 5) is 27.5. The lowest BCUT2D eigenvalue weighted by Crippen LogP contribution is -2.42. The van der Waals surface area contributed by atoms with Crippen molar-refractivity contribution in [1.82, 2.24) is 10.2 Å². The second kappa shape index (κ2) is 12.0. The highest BCUT2D eigenvalue weighted by Gasteiger charge is 2.43. The maximum absolute atomic E-state index is 14.9. The Bertz CT molecular complexity index is 1200. The van der Waals surface area contributed by atoms with Gasteiger partial charge in [-0.15, -0.1) is 0 Å². The molecule has 3 unspecified atom stereocenters. The molecule has 39 heavy (non-hydrogen) atoms. The topological polar surface area (TPSA) is 49.4 Å². The Labute approximate surface area is 236 Å². The van der Waals surface area contributed by atoms with E-state index in [-0.39, 0.29) is 41.0 Å². The van der Waals surface area contributed by atoms with Crippen molar-refractivity contribution in [3.8, 4) is 0 Å². The van der Waals surface area contributed by atoms with Crippen LogP contribution in [-0.4, -0.2) is 29.8 Å². The molecule has 2 aromatic carbocycles. The number of hydrogen-bond donors (Lipinski definition) is 1. The van der Waals surface area contributed by atoms with E-state index in [1.54, 1.807) is 0 Å². The molecular formula is C32H41ClF2N2O2. The fourth-order valence-electron chi connectivity index (χ4n) is 6.91. The van der Waals surface area contributed by atoms with E-state index in [0.717, 1.165) is 49.3 Å². The number of carbonyl (C=O) groups is 2. The first-order valence-corrected chi connectivity index (χ1v) is 14.5. The first-order chi connectivity index (χ1) is 18.3. The van der Waals surface area contributed by atoms with E-state index in [2.05, 4.69) is 26.1 Å². The van der Waals surface area contributed by atoms with Gasteiger partial charge in [0.1, 0.15) is 11.6 Å². The Morgan fingerprint density at radius 2 is 1.72 bits per heavy atom. The van der Waals surface area contributed by atoms with E-state index < -0.39 is 11.6 Å². The van der Waals surface area contributed by atoms with Crippen molar-refractivity contribution in [2.24, 2.45) is 17.3 Å². The van der Waals surface area contributed by atoms with Crippen LogP contribution in [-0.2, 0) is 9.59 Å². The van der Waals surface area contributed by atoms with Crippen molar-refractivity contribution >= 4 is 23.4 Å².